The molecule has 5 fully saturated rings. The minimum absolute atomic E-state index is 0.112. The fraction of sp³-hybridized carbons (Fsp3) is 0.941. The largest absolute Gasteiger partial charge is 0.466 e. The highest BCUT2D eigenvalue weighted by molar-refractivity contribution is 5.73. The van der Waals surface area contributed by atoms with Crippen LogP contribution in [-0.2, 0) is 14.3 Å². The van der Waals surface area contributed by atoms with Gasteiger partial charge in [-0.3, -0.25) is 4.79 Å². The lowest BCUT2D eigenvalue weighted by Crippen LogP contribution is -2.62. The van der Waals surface area contributed by atoms with Gasteiger partial charge in [-0.2, -0.15) is 0 Å². The van der Waals surface area contributed by atoms with Crippen molar-refractivity contribution in [3.05, 3.63) is 0 Å². The van der Waals surface area contributed by atoms with Crippen LogP contribution in [0, 0.1) is 58.2 Å². The van der Waals surface area contributed by atoms with Crippen molar-refractivity contribution < 1.29 is 29.3 Å². The molecule has 2 N–H and O–H groups in total. The molecule has 5 rings (SSSR count). The minimum Gasteiger partial charge on any atom is -0.466 e. The van der Waals surface area contributed by atoms with Crippen LogP contribution >= 0.6 is 0 Å². The molecule has 0 aromatic rings. The number of carbonyl (C=O) groups excluding carboxylic acids is 2. The second-order valence-electron chi connectivity index (χ2n) is 15.0. The van der Waals surface area contributed by atoms with E-state index in [0.717, 1.165) is 32.1 Å². The summed E-state index contributed by atoms with van der Waals surface area (Å²) >= 11 is 0. The summed E-state index contributed by atoms with van der Waals surface area (Å²) in [6.45, 7) is 13.3. The molecule has 1 amide bonds. The Morgan fingerprint density at radius 3 is 2.27 bits per heavy atom. The first kappa shape index (κ1) is 31.1. The summed E-state index contributed by atoms with van der Waals surface area (Å²) < 4.78 is 10.9. The molecule has 1 heterocycles. The maximum atomic E-state index is 12.8. The number of rotatable bonds is 7. The van der Waals surface area contributed by atoms with E-state index in [0.29, 0.717) is 74.7 Å². The Morgan fingerprint density at radius 1 is 0.902 bits per heavy atom. The molecular formula is C34H57NO6. The third-order valence-electron chi connectivity index (χ3n) is 13.3. The number of esters is 1. The lowest BCUT2D eigenvalue weighted by molar-refractivity contribution is -0.203. The summed E-state index contributed by atoms with van der Waals surface area (Å²) in [5.74, 6) is 2.96. The molecule has 7 heteroatoms. The monoisotopic (exact) mass is 575 g/mol. The van der Waals surface area contributed by atoms with Crippen LogP contribution in [0.3, 0.4) is 0 Å². The fourth-order valence-corrected chi connectivity index (χ4v) is 11.1. The van der Waals surface area contributed by atoms with E-state index in [1.54, 1.807) is 4.90 Å². The molecule has 0 aromatic carbocycles. The summed E-state index contributed by atoms with van der Waals surface area (Å²) in [4.78, 5) is 26.5. The molecule has 1 saturated heterocycles. The van der Waals surface area contributed by atoms with Crippen molar-refractivity contribution in [3.63, 3.8) is 0 Å². The van der Waals surface area contributed by atoms with Crippen LogP contribution in [0.5, 0.6) is 0 Å². The Hall–Kier alpha value is -1.34. The Kier molecular flexibility index (Phi) is 9.36. The normalized spacial score (nSPS) is 43.4. The predicted molar refractivity (Wildman–Crippen MR) is 158 cm³/mol. The molecule has 5 aliphatic rings. The predicted octanol–water partition coefficient (Wildman–Crippen LogP) is 6.05. The smallest absolute Gasteiger partial charge is 0.409 e. The van der Waals surface area contributed by atoms with Crippen molar-refractivity contribution >= 4 is 12.1 Å². The van der Waals surface area contributed by atoms with Gasteiger partial charge in [-0.1, -0.05) is 34.1 Å². The Morgan fingerprint density at radius 2 is 1.59 bits per heavy atom. The van der Waals surface area contributed by atoms with E-state index < -0.39 is 0 Å². The number of piperidine rings is 1. The first-order valence-corrected chi connectivity index (χ1v) is 17.0. The highest BCUT2D eigenvalue weighted by atomic mass is 16.6. The third kappa shape index (κ3) is 5.56. The van der Waals surface area contributed by atoms with Crippen LogP contribution in [0.2, 0.25) is 0 Å². The fourth-order valence-electron chi connectivity index (χ4n) is 11.1. The molecule has 0 radical (unpaired) electrons. The first-order valence-electron chi connectivity index (χ1n) is 17.0. The Bertz CT molecular complexity index is 934. The SMILES string of the molecule is CCOC(=O)C1CCN(C(=O)OCC[C@@H](C)[C@H]2CC[C@H]3C4[C@H](O)[C@H](CC)C5C[C@H](O)CCC5(C)[C@H]4CCC23C)CC1. The van der Waals surface area contributed by atoms with Gasteiger partial charge in [-0.05, 0) is 123 Å². The lowest BCUT2D eigenvalue weighted by atomic mass is 9.41. The highest BCUT2D eigenvalue weighted by Gasteiger charge is 2.64. The molecule has 0 bridgehead atoms. The number of amides is 1. The number of hydrogen-bond donors (Lipinski definition) is 2. The number of hydrogen-bond acceptors (Lipinski definition) is 6. The van der Waals surface area contributed by atoms with Crippen molar-refractivity contribution in [2.45, 2.75) is 117 Å². The average Bonchev–Trinajstić information content (AvgIpc) is 3.31. The van der Waals surface area contributed by atoms with E-state index in [9.17, 15) is 19.8 Å². The number of carbonyl (C=O) groups is 2. The summed E-state index contributed by atoms with van der Waals surface area (Å²) in [6.07, 6.45) is 10.1. The van der Waals surface area contributed by atoms with Crippen molar-refractivity contribution in [1.82, 2.24) is 4.90 Å². The molecule has 0 aromatic heterocycles. The van der Waals surface area contributed by atoms with Gasteiger partial charge >= 0.3 is 12.1 Å². The molecule has 41 heavy (non-hydrogen) atoms. The number of nitrogens with zero attached hydrogens (tertiary/aromatic N) is 1. The van der Waals surface area contributed by atoms with Crippen LogP contribution in [0.25, 0.3) is 0 Å². The van der Waals surface area contributed by atoms with Crippen LogP contribution in [0.15, 0.2) is 0 Å². The van der Waals surface area contributed by atoms with Gasteiger partial charge in [-0.15, -0.1) is 0 Å². The maximum absolute atomic E-state index is 12.8. The highest BCUT2D eigenvalue weighted by Crippen LogP contribution is 2.69. The van der Waals surface area contributed by atoms with Gasteiger partial charge in [0.05, 0.1) is 31.3 Å². The van der Waals surface area contributed by atoms with Gasteiger partial charge < -0.3 is 24.6 Å². The molecule has 11 atom stereocenters. The number of fused-ring (bicyclic) bond motifs is 5. The summed E-state index contributed by atoms with van der Waals surface area (Å²) in [6, 6.07) is 0. The first-order chi connectivity index (χ1) is 19.5. The number of likely N-dealkylation sites (tertiary alicyclic amines) is 1. The number of aliphatic hydroxyl groups is 2. The molecule has 4 saturated carbocycles. The Balaban J connectivity index is 1.17. The number of aliphatic hydroxyl groups excluding tert-OH is 2. The average molecular weight is 576 g/mol. The van der Waals surface area contributed by atoms with Gasteiger partial charge in [0.15, 0.2) is 0 Å². The number of ether oxygens (including phenoxy) is 2. The van der Waals surface area contributed by atoms with Crippen molar-refractivity contribution in [2.24, 2.45) is 58.2 Å². The van der Waals surface area contributed by atoms with Crippen LogP contribution in [-0.4, -0.2) is 65.7 Å². The molecule has 4 aliphatic carbocycles. The zero-order chi connectivity index (χ0) is 29.5. The summed E-state index contributed by atoms with van der Waals surface area (Å²) in [7, 11) is 0. The van der Waals surface area contributed by atoms with E-state index in [4.69, 9.17) is 9.47 Å². The van der Waals surface area contributed by atoms with Gasteiger partial charge in [0.1, 0.15) is 0 Å². The quantitative estimate of drug-likeness (QED) is 0.359. The van der Waals surface area contributed by atoms with Gasteiger partial charge in [-0.25, -0.2) is 4.79 Å². The second kappa shape index (κ2) is 12.3. The van der Waals surface area contributed by atoms with Crippen molar-refractivity contribution in [3.8, 4) is 0 Å². The van der Waals surface area contributed by atoms with E-state index in [1.807, 2.05) is 6.92 Å². The molecule has 0 spiro atoms. The van der Waals surface area contributed by atoms with Crippen molar-refractivity contribution in [1.29, 1.82) is 0 Å². The van der Waals surface area contributed by atoms with Crippen LogP contribution in [0.1, 0.15) is 105 Å². The van der Waals surface area contributed by atoms with Gasteiger partial charge in [0.2, 0.25) is 0 Å². The van der Waals surface area contributed by atoms with Gasteiger partial charge in [0.25, 0.3) is 0 Å². The second-order valence-corrected chi connectivity index (χ2v) is 15.0. The lowest BCUT2D eigenvalue weighted by Gasteiger charge is -2.64. The third-order valence-corrected chi connectivity index (χ3v) is 13.3. The maximum Gasteiger partial charge on any atom is 0.409 e. The van der Waals surface area contributed by atoms with E-state index in [1.165, 1.54) is 25.7 Å². The van der Waals surface area contributed by atoms with Gasteiger partial charge in [0, 0.05) is 13.1 Å². The van der Waals surface area contributed by atoms with E-state index in [-0.39, 0.29) is 46.9 Å². The summed E-state index contributed by atoms with van der Waals surface area (Å²) in [5.41, 5.74) is 0.448. The van der Waals surface area contributed by atoms with Crippen LogP contribution < -0.4 is 0 Å². The molecule has 234 valence electrons. The topological polar surface area (TPSA) is 96.3 Å². The molecule has 7 nitrogen and oxygen atoms in total. The minimum atomic E-state index is -0.263. The molecule has 4 unspecified atom stereocenters. The molecular weight excluding hydrogens is 518 g/mol. The standard InChI is InChI=1S/C34H57NO6/c1-6-24-28-20-23(36)10-15-34(28,5)27-11-16-33(4)25(8-9-26(33)29(27)30(24)37)21(3)14-19-41-32(39)35-17-12-22(13-18-35)31(38)40-7-2/h21-30,36-37H,6-20H2,1-5H3/t21-,23-,24-,25-,26+,27+,28?,29?,30-,33?,34?/m1/s1. The van der Waals surface area contributed by atoms with E-state index in [2.05, 4.69) is 27.7 Å². The van der Waals surface area contributed by atoms with Crippen LogP contribution in [0.4, 0.5) is 4.79 Å². The zero-order valence-corrected chi connectivity index (χ0v) is 26.4. The van der Waals surface area contributed by atoms with E-state index >= 15 is 0 Å². The van der Waals surface area contributed by atoms with Crippen molar-refractivity contribution in [2.75, 3.05) is 26.3 Å². The molecule has 1 aliphatic heterocycles. The zero-order valence-electron chi connectivity index (χ0n) is 26.4. The summed E-state index contributed by atoms with van der Waals surface area (Å²) in [5, 5.41) is 22.5. The Labute approximate surface area is 248 Å².